The first-order valence-corrected chi connectivity index (χ1v) is 12.6. The summed E-state index contributed by atoms with van der Waals surface area (Å²) in [6.07, 6.45) is 0.791. The van der Waals surface area contributed by atoms with Gasteiger partial charge < -0.3 is 14.4 Å². The standard InChI is InChI=1S/C32H29NO3/c1-4-33(5-2)24-15-16-27-30(20-24)35-29-17-21(3)23(18-22-11-7-6-8-12-22)19-28(29)32(27)26-14-10-9-13-25(26)31(34)36-32/h6-17,19-20H,4-5,18H2,1-3H3. The lowest BCUT2D eigenvalue weighted by Crippen LogP contribution is -2.33. The number of carbonyl (C=O) groups excluding carboxylic acids is 1. The molecule has 0 N–H and O–H groups in total. The molecule has 2 heterocycles. The molecule has 2 aliphatic rings. The molecule has 2 aliphatic heterocycles. The Bertz CT molecular complexity index is 1470. The number of ether oxygens (including phenoxy) is 2. The summed E-state index contributed by atoms with van der Waals surface area (Å²) in [5.74, 6) is 1.16. The fourth-order valence-corrected chi connectivity index (χ4v) is 5.64. The molecular formula is C32H29NO3. The predicted molar refractivity (Wildman–Crippen MR) is 142 cm³/mol. The summed E-state index contributed by atoms with van der Waals surface area (Å²) in [5, 5.41) is 0. The SMILES string of the molecule is CCN(CC)c1ccc2c(c1)Oc1cc(C)c(Cc3ccccc3)cc1C21OC(=O)c2ccccc21. The molecule has 6 rings (SSSR count). The minimum atomic E-state index is -1.04. The summed E-state index contributed by atoms with van der Waals surface area (Å²) in [7, 11) is 0. The molecule has 0 fully saturated rings. The van der Waals surface area contributed by atoms with Crippen LogP contribution in [0.2, 0.25) is 0 Å². The highest BCUT2D eigenvalue weighted by atomic mass is 16.6. The Labute approximate surface area is 212 Å². The van der Waals surface area contributed by atoms with Crippen molar-refractivity contribution in [2.45, 2.75) is 32.8 Å². The molecule has 0 aliphatic carbocycles. The zero-order valence-electron chi connectivity index (χ0n) is 20.9. The van der Waals surface area contributed by atoms with E-state index in [2.05, 4.69) is 80.3 Å². The molecule has 1 atom stereocenters. The highest BCUT2D eigenvalue weighted by molar-refractivity contribution is 5.97. The van der Waals surface area contributed by atoms with Gasteiger partial charge in [-0.3, -0.25) is 0 Å². The summed E-state index contributed by atoms with van der Waals surface area (Å²) in [5.41, 5.74) is 6.82. The lowest BCUT2D eigenvalue weighted by Gasteiger charge is -2.37. The maximum Gasteiger partial charge on any atom is 0.340 e. The molecule has 0 saturated carbocycles. The Hall–Kier alpha value is -4.05. The Morgan fingerprint density at radius 2 is 1.50 bits per heavy atom. The molecule has 0 amide bonds. The summed E-state index contributed by atoms with van der Waals surface area (Å²) in [6.45, 7) is 8.21. The number of anilines is 1. The fraction of sp³-hybridized carbons (Fsp3) is 0.219. The average Bonchev–Trinajstić information content (AvgIpc) is 3.19. The minimum absolute atomic E-state index is 0.303. The molecule has 0 radical (unpaired) electrons. The third-order valence-electron chi connectivity index (χ3n) is 7.52. The van der Waals surface area contributed by atoms with E-state index in [1.54, 1.807) is 0 Å². The van der Waals surface area contributed by atoms with Crippen LogP contribution in [-0.4, -0.2) is 19.1 Å². The minimum Gasteiger partial charge on any atom is -0.456 e. The third-order valence-corrected chi connectivity index (χ3v) is 7.52. The van der Waals surface area contributed by atoms with Crippen LogP contribution in [-0.2, 0) is 16.8 Å². The first-order valence-electron chi connectivity index (χ1n) is 12.6. The van der Waals surface area contributed by atoms with Crippen molar-refractivity contribution in [1.82, 2.24) is 0 Å². The number of hydrogen-bond donors (Lipinski definition) is 0. The average molecular weight is 476 g/mol. The summed E-state index contributed by atoms with van der Waals surface area (Å²) >= 11 is 0. The second-order valence-corrected chi connectivity index (χ2v) is 9.51. The van der Waals surface area contributed by atoms with Crippen molar-refractivity contribution in [3.8, 4) is 11.5 Å². The van der Waals surface area contributed by atoms with E-state index in [0.717, 1.165) is 59.0 Å². The van der Waals surface area contributed by atoms with E-state index < -0.39 is 5.60 Å². The van der Waals surface area contributed by atoms with E-state index in [1.807, 2.05) is 30.3 Å². The van der Waals surface area contributed by atoms with E-state index in [-0.39, 0.29) is 5.97 Å². The van der Waals surface area contributed by atoms with Crippen LogP contribution >= 0.6 is 0 Å². The molecule has 1 unspecified atom stereocenters. The van der Waals surface area contributed by atoms with Crippen LogP contribution in [0.3, 0.4) is 0 Å². The zero-order valence-corrected chi connectivity index (χ0v) is 20.9. The Morgan fingerprint density at radius 1 is 0.778 bits per heavy atom. The van der Waals surface area contributed by atoms with Crippen molar-refractivity contribution < 1.29 is 14.3 Å². The number of aryl methyl sites for hydroxylation is 1. The van der Waals surface area contributed by atoms with Crippen LogP contribution in [0.5, 0.6) is 11.5 Å². The molecular weight excluding hydrogens is 446 g/mol. The van der Waals surface area contributed by atoms with Crippen molar-refractivity contribution >= 4 is 11.7 Å². The largest absolute Gasteiger partial charge is 0.456 e. The van der Waals surface area contributed by atoms with E-state index in [0.29, 0.717) is 5.56 Å². The van der Waals surface area contributed by atoms with Gasteiger partial charge in [0.1, 0.15) is 11.5 Å². The Balaban J connectivity index is 1.58. The lowest BCUT2D eigenvalue weighted by molar-refractivity contribution is 0.0224. The van der Waals surface area contributed by atoms with Gasteiger partial charge >= 0.3 is 5.97 Å². The first-order chi connectivity index (χ1) is 17.5. The van der Waals surface area contributed by atoms with Gasteiger partial charge in [0.25, 0.3) is 0 Å². The van der Waals surface area contributed by atoms with Gasteiger partial charge in [0.15, 0.2) is 5.60 Å². The molecule has 4 heteroatoms. The maximum absolute atomic E-state index is 13.2. The van der Waals surface area contributed by atoms with Gasteiger partial charge in [0.05, 0.1) is 5.56 Å². The van der Waals surface area contributed by atoms with Gasteiger partial charge in [-0.2, -0.15) is 0 Å². The number of rotatable bonds is 5. The van der Waals surface area contributed by atoms with E-state index >= 15 is 0 Å². The smallest absolute Gasteiger partial charge is 0.340 e. The molecule has 4 nitrogen and oxygen atoms in total. The van der Waals surface area contributed by atoms with Crippen LogP contribution in [0.15, 0.2) is 84.9 Å². The summed E-state index contributed by atoms with van der Waals surface area (Å²) in [4.78, 5) is 15.5. The van der Waals surface area contributed by atoms with Gasteiger partial charge in [-0.1, -0.05) is 48.5 Å². The van der Waals surface area contributed by atoms with Crippen molar-refractivity contribution in [2.24, 2.45) is 0 Å². The highest BCUT2D eigenvalue weighted by Crippen LogP contribution is 2.57. The van der Waals surface area contributed by atoms with E-state index in [4.69, 9.17) is 9.47 Å². The second kappa shape index (κ2) is 8.56. The molecule has 4 aromatic rings. The van der Waals surface area contributed by atoms with Gasteiger partial charge in [-0.15, -0.1) is 0 Å². The van der Waals surface area contributed by atoms with Crippen LogP contribution in [0, 0.1) is 6.92 Å². The molecule has 0 bridgehead atoms. The van der Waals surface area contributed by atoms with Crippen LogP contribution < -0.4 is 9.64 Å². The molecule has 1 spiro atoms. The number of carbonyl (C=O) groups is 1. The lowest BCUT2D eigenvalue weighted by atomic mass is 9.76. The number of esters is 1. The normalized spacial score (nSPS) is 17.1. The maximum atomic E-state index is 13.2. The van der Waals surface area contributed by atoms with Crippen molar-refractivity contribution in [3.63, 3.8) is 0 Å². The summed E-state index contributed by atoms with van der Waals surface area (Å²) in [6, 6.07) is 28.7. The number of nitrogens with zero attached hydrogens (tertiary/aromatic N) is 1. The van der Waals surface area contributed by atoms with Crippen LogP contribution in [0.25, 0.3) is 0 Å². The number of benzene rings is 4. The van der Waals surface area contributed by atoms with Crippen molar-refractivity contribution in [2.75, 3.05) is 18.0 Å². The molecule has 4 aromatic carbocycles. The highest BCUT2D eigenvalue weighted by Gasteiger charge is 2.53. The predicted octanol–water partition coefficient (Wildman–Crippen LogP) is 7.00. The quantitative estimate of drug-likeness (QED) is 0.291. The molecule has 0 saturated heterocycles. The second-order valence-electron chi connectivity index (χ2n) is 9.51. The number of fused-ring (bicyclic) bond motifs is 6. The topological polar surface area (TPSA) is 38.8 Å². The molecule has 180 valence electrons. The van der Waals surface area contributed by atoms with Gasteiger partial charge in [0, 0.05) is 41.5 Å². The molecule has 0 aromatic heterocycles. The monoisotopic (exact) mass is 475 g/mol. The number of hydrogen-bond acceptors (Lipinski definition) is 4. The summed E-state index contributed by atoms with van der Waals surface area (Å²) < 4.78 is 12.9. The van der Waals surface area contributed by atoms with Gasteiger partial charge in [-0.25, -0.2) is 4.79 Å². The van der Waals surface area contributed by atoms with Crippen molar-refractivity contribution in [1.29, 1.82) is 0 Å². The Kier molecular flexibility index (Phi) is 5.33. The first kappa shape index (κ1) is 22.4. The van der Waals surface area contributed by atoms with E-state index in [1.165, 1.54) is 11.1 Å². The third kappa shape index (κ3) is 3.32. The van der Waals surface area contributed by atoms with Crippen LogP contribution in [0.1, 0.15) is 57.6 Å². The fourth-order valence-electron chi connectivity index (χ4n) is 5.64. The molecule has 36 heavy (non-hydrogen) atoms. The van der Waals surface area contributed by atoms with Crippen LogP contribution in [0.4, 0.5) is 5.69 Å². The van der Waals surface area contributed by atoms with Gasteiger partial charge in [0.2, 0.25) is 0 Å². The van der Waals surface area contributed by atoms with Crippen molar-refractivity contribution in [3.05, 3.63) is 124 Å². The Morgan fingerprint density at radius 3 is 2.28 bits per heavy atom. The van der Waals surface area contributed by atoms with Gasteiger partial charge in [-0.05, 0) is 74.2 Å². The zero-order chi connectivity index (χ0) is 24.9. The van der Waals surface area contributed by atoms with E-state index in [9.17, 15) is 4.79 Å².